The second-order valence-electron chi connectivity index (χ2n) is 5.08. The molecule has 0 heterocycles. The van der Waals surface area contributed by atoms with Gasteiger partial charge in [0.2, 0.25) is 0 Å². The number of aliphatic hydroxyl groups is 1. The Morgan fingerprint density at radius 3 is 2.61 bits per heavy atom. The number of halogens is 1. The van der Waals surface area contributed by atoms with Crippen molar-refractivity contribution < 1.29 is 9.50 Å². The number of unbranched alkanes of at least 4 members (excludes halogenated alkanes) is 2. The number of benzene rings is 1. The van der Waals surface area contributed by atoms with Crippen LogP contribution in [0.3, 0.4) is 0 Å². The van der Waals surface area contributed by atoms with E-state index < -0.39 is 0 Å². The fourth-order valence-corrected chi connectivity index (χ4v) is 2.28. The number of rotatable bonds is 8. The zero-order valence-electron chi connectivity index (χ0n) is 10.8. The summed E-state index contributed by atoms with van der Waals surface area (Å²) in [6.45, 7) is 2.01. The van der Waals surface area contributed by atoms with Crippen LogP contribution in [-0.4, -0.2) is 29.2 Å². The maximum atomic E-state index is 13.6. The van der Waals surface area contributed by atoms with E-state index in [0.717, 1.165) is 37.9 Å². The molecule has 18 heavy (non-hydrogen) atoms. The zero-order valence-corrected chi connectivity index (χ0v) is 10.8. The molecular formula is C15H22FNO. The minimum absolute atomic E-state index is 0.0986. The van der Waals surface area contributed by atoms with Gasteiger partial charge in [-0.3, -0.25) is 4.90 Å². The van der Waals surface area contributed by atoms with Crippen LogP contribution in [0.15, 0.2) is 24.3 Å². The Kier molecular flexibility index (Phi) is 5.14. The van der Waals surface area contributed by atoms with E-state index in [1.165, 1.54) is 18.9 Å². The smallest absolute Gasteiger partial charge is 0.127 e. The fourth-order valence-electron chi connectivity index (χ4n) is 2.28. The predicted octanol–water partition coefficient (Wildman–Crippen LogP) is 2.95. The first-order chi connectivity index (χ1) is 8.81. The maximum Gasteiger partial charge on any atom is 0.127 e. The van der Waals surface area contributed by atoms with Crippen LogP contribution >= 0.6 is 0 Å². The van der Waals surface area contributed by atoms with Gasteiger partial charge < -0.3 is 5.11 Å². The summed E-state index contributed by atoms with van der Waals surface area (Å²) in [7, 11) is 0. The molecule has 100 valence electrons. The van der Waals surface area contributed by atoms with Gasteiger partial charge in [0.15, 0.2) is 0 Å². The molecule has 3 heteroatoms. The lowest BCUT2D eigenvalue weighted by Crippen LogP contribution is -2.27. The first kappa shape index (κ1) is 13.5. The predicted molar refractivity (Wildman–Crippen MR) is 70.8 cm³/mol. The van der Waals surface area contributed by atoms with Crippen LogP contribution in [-0.2, 0) is 6.54 Å². The van der Waals surface area contributed by atoms with Gasteiger partial charge in [-0.25, -0.2) is 4.39 Å². The van der Waals surface area contributed by atoms with E-state index in [4.69, 9.17) is 5.11 Å². The molecule has 2 nitrogen and oxygen atoms in total. The monoisotopic (exact) mass is 251 g/mol. The standard InChI is InChI=1S/C15H22FNO/c16-15-7-3-2-6-13(15)12-17(14-8-9-14)10-4-1-5-11-18/h2-3,6-7,14,18H,1,4-5,8-12H2. The van der Waals surface area contributed by atoms with Crippen LogP contribution in [0.4, 0.5) is 4.39 Å². The van der Waals surface area contributed by atoms with E-state index in [9.17, 15) is 4.39 Å². The van der Waals surface area contributed by atoms with Gasteiger partial charge >= 0.3 is 0 Å². The molecule has 1 saturated carbocycles. The fraction of sp³-hybridized carbons (Fsp3) is 0.600. The van der Waals surface area contributed by atoms with Crippen molar-refractivity contribution in [1.29, 1.82) is 0 Å². The van der Waals surface area contributed by atoms with Crippen LogP contribution in [0.5, 0.6) is 0 Å². The van der Waals surface area contributed by atoms with Crippen LogP contribution < -0.4 is 0 Å². The number of aliphatic hydroxyl groups excluding tert-OH is 1. The molecule has 1 aromatic rings. The number of hydrogen-bond acceptors (Lipinski definition) is 2. The molecule has 0 unspecified atom stereocenters. The van der Waals surface area contributed by atoms with Gasteiger partial charge in [0.05, 0.1) is 0 Å². The first-order valence-corrected chi connectivity index (χ1v) is 6.89. The summed E-state index contributed by atoms with van der Waals surface area (Å²) in [6, 6.07) is 7.69. The van der Waals surface area contributed by atoms with Gasteiger partial charge in [0, 0.05) is 24.8 Å². The molecule has 0 atom stereocenters. The number of hydrogen-bond donors (Lipinski definition) is 1. The Morgan fingerprint density at radius 2 is 1.94 bits per heavy atom. The molecular weight excluding hydrogens is 229 g/mol. The van der Waals surface area contributed by atoms with Gasteiger partial charge in [-0.15, -0.1) is 0 Å². The molecule has 0 spiro atoms. The van der Waals surface area contributed by atoms with Gasteiger partial charge in [-0.1, -0.05) is 18.2 Å². The van der Waals surface area contributed by atoms with E-state index in [1.54, 1.807) is 6.07 Å². The summed E-state index contributed by atoms with van der Waals surface area (Å²) in [5.41, 5.74) is 0.798. The molecule has 2 rings (SSSR count). The molecule has 0 aliphatic heterocycles. The first-order valence-electron chi connectivity index (χ1n) is 6.89. The summed E-state index contributed by atoms with van der Waals surface area (Å²) < 4.78 is 13.6. The van der Waals surface area contributed by atoms with Gasteiger partial charge in [-0.05, 0) is 44.7 Å². The van der Waals surface area contributed by atoms with E-state index in [0.29, 0.717) is 6.04 Å². The summed E-state index contributed by atoms with van der Waals surface area (Å²) in [6.07, 6.45) is 5.50. The Labute approximate surface area is 108 Å². The van der Waals surface area contributed by atoms with Gasteiger partial charge in [0.25, 0.3) is 0 Å². The zero-order chi connectivity index (χ0) is 12.8. The summed E-state index contributed by atoms with van der Waals surface area (Å²) >= 11 is 0. The highest BCUT2D eigenvalue weighted by atomic mass is 19.1. The topological polar surface area (TPSA) is 23.5 Å². The minimum Gasteiger partial charge on any atom is -0.396 e. The number of nitrogens with zero attached hydrogens (tertiary/aromatic N) is 1. The lowest BCUT2D eigenvalue weighted by Gasteiger charge is -2.22. The molecule has 0 amide bonds. The van der Waals surface area contributed by atoms with E-state index in [2.05, 4.69) is 4.90 Å². The van der Waals surface area contributed by atoms with E-state index in [-0.39, 0.29) is 12.4 Å². The Balaban J connectivity index is 1.84. The second-order valence-corrected chi connectivity index (χ2v) is 5.08. The Hall–Kier alpha value is -0.930. The van der Waals surface area contributed by atoms with E-state index >= 15 is 0 Å². The molecule has 0 aromatic heterocycles. The summed E-state index contributed by atoms with van der Waals surface area (Å²) in [5, 5.41) is 8.76. The van der Waals surface area contributed by atoms with Crippen molar-refractivity contribution in [2.24, 2.45) is 0 Å². The molecule has 1 N–H and O–H groups in total. The highest BCUT2D eigenvalue weighted by molar-refractivity contribution is 5.17. The second kappa shape index (κ2) is 6.86. The van der Waals surface area contributed by atoms with E-state index in [1.807, 2.05) is 12.1 Å². The third-order valence-electron chi connectivity index (χ3n) is 3.50. The normalized spacial score (nSPS) is 15.3. The van der Waals surface area contributed by atoms with Crippen LogP contribution in [0.1, 0.15) is 37.7 Å². The largest absolute Gasteiger partial charge is 0.396 e. The van der Waals surface area contributed by atoms with Gasteiger partial charge in [-0.2, -0.15) is 0 Å². The Bertz CT molecular complexity index is 365. The van der Waals surface area contributed by atoms with Crippen molar-refractivity contribution in [1.82, 2.24) is 4.90 Å². The van der Waals surface area contributed by atoms with Crippen LogP contribution in [0.2, 0.25) is 0 Å². The lowest BCUT2D eigenvalue weighted by molar-refractivity contribution is 0.236. The van der Waals surface area contributed by atoms with Crippen molar-refractivity contribution in [2.45, 2.75) is 44.7 Å². The third kappa shape index (κ3) is 4.07. The average Bonchev–Trinajstić information content (AvgIpc) is 3.20. The van der Waals surface area contributed by atoms with Crippen molar-refractivity contribution in [3.05, 3.63) is 35.6 Å². The van der Waals surface area contributed by atoms with Gasteiger partial charge in [0.1, 0.15) is 5.82 Å². The molecule has 1 fully saturated rings. The molecule has 0 bridgehead atoms. The molecule has 0 radical (unpaired) electrons. The minimum atomic E-state index is -0.0986. The van der Waals surface area contributed by atoms with Crippen molar-refractivity contribution in [3.63, 3.8) is 0 Å². The highest BCUT2D eigenvalue weighted by Crippen LogP contribution is 2.29. The van der Waals surface area contributed by atoms with Crippen molar-refractivity contribution in [3.8, 4) is 0 Å². The molecule has 0 saturated heterocycles. The average molecular weight is 251 g/mol. The molecule has 1 aliphatic rings. The SMILES string of the molecule is OCCCCCN(Cc1ccccc1F)C1CC1. The third-order valence-corrected chi connectivity index (χ3v) is 3.50. The molecule has 1 aromatic carbocycles. The molecule has 1 aliphatic carbocycles. The van der Waals surface area contributed by atoms with Crippen molar-refractivity contribution in [2.75, 3.05) is 13.2 Å². The summed E-state index contributed by atoms with van der Waals surface area (Å²) in [5.74, 6) is -0.0986. The highest BCUT2D eigenvalue weighted by Gasteiger charge is 2.28. The Morgan fingerprint density at radius 1 is 1.17 bits per heavy atom. The maximum absolute atomic E-state index is 13.6. The lowest BCUT2D eigenvalue weighted by atomic mass is 10.1. The van der Waals surface area contributed by atoms with Crippen LogP contribution in [0.25, 0.3) is 0 Å². The summed E-state index contributed by atoms with van der Waals surface area (Å²) in [4.78, 5) is 2.38. The quantitative estimate of drug-likeness (QED) is 0.718. The van der Waals surface area contributed by atoms with Crippen LogP contribution in [0, 0.1) is 5.82 Å². The van der Waals surface area contributed by atoms with Crippen molar-refractivity contribution >= 4 is 0 Å².